The van der Waals surface area contributed by atoms with Gasteiger partial charge in [0.25, 0.3) is 0 Å². The third-order valence-corrected chi connectivity index (χ3v) is 4.00. The van der Waals surface area contributed by atoms with E-state index >= 15 is 0 Å². The SMILES string of the molecule is CONC(=O)[C@H](CCC(C)(C)F)C[C@H](O)[C@@H](N)Cc1ccccc1. The zero-order valence-corrected chi connectivity index (χ0v) is 14.7. The number of amides is 1. The molecule has 0 saturated heterocycles. The number of carbonyl (C=O) groups excluding carboxylic acids is 1. The van der Waals surface area contributed by atoms with Gasteiger partial charge in [-0.25, -0.2) is 9.87 Å². The van der Waals surface area contributed by atoms with Crippen molar-refractivity contribution in [1.29, 1.82) is 0 Å². The third kappa shape index (κ3) is 7.86. The molecule has 0 aliphatic heterocycles. The van der Waals surface area contributed by atoms with Gasteiger partial charge in [0, 0.05) is 12.0 Å². The summed E-state index contributed by atoms with van der Waals surface area (Å²) in [7, 11) is 1.34. The lowest BCUT2D eigenvalue weighted by molar-refractivity contribution is -0.137. The van der Waals surface area contributed by atoms with Gasteiger partial charge in [-0.05, 0) is 45.1 Å². The summed E-state index contributed by atoms with van der Waals surface area (Å²) in [6.45, 7) is 2.94. The molecule has 0 bridgehead atoms. The maximum absolute atomic E-state index is 13.7. The van der Waals surface area contributed by atoms with Gasteiger partial charge in [-0.1, -0.05) is 30.3 Å². The van der Waals surface area contributed by atoms with Gasteiger partial charge in [-0.2, -0.15) is 0 Å². The first-order valence-corrected chi connectivity index (χ1v) is 8.22. The predicted molar refractivity (Wildman–Crippen MR) is 91.8 cm³/mol. The molecule has 1 aromatic carbocycles. The summed E-state index contributed by atoms with van der Waals surface area (Å²) >= 11 is 0. The van der Waals surface area contributed by atoms with Crippen LogP contribution in [-0.2, 0) is 16.1 Å². The maximum Gasteiger partial charge on any atom is 0.246 e. The van der Waals surface area contributed by atoms with E-state index in [2.05, 4.69) is 10.3 Å². The van der Waals surface area contributed by atoms with Gasteiger partial charge in [-0.3, -0.25) is 9.63 Å². The summed E-state index contributed by atoms with van der Waals surface area (Å²) in [5, 5.41) is 10.4. The summed E-state index contributed by atoms with van der Waals surface area (Å²) in [4.78, 5) is 16.7. The first kappa shape index (κ1) is 20.5. The van der Waals surface area contributed by atoms with E-state index in [0.717, 1.165) is 5.56 Å². The number of alkyl halides is 1. The lowest BCUT2D eigenvalue weighted by atomic mass is 9.88. The van der Waals surface area contributed by atoms with Crippen LogP contribution in [0, 0.1) is 5.92 Å². The molecular weight excluding hydrogens is 311 g/mol. The number of aliphatic hydroxyl groups excluding tert-OH is 1. The zero-order chi connectivity index (χ0) is 18.2. The van der Waals surface area contributed by atoms with E-state index in [0.29, 0.717) is 12.8 Å². The van der Waals surface area contributed by atoms with Gasteiger partial charge in [0.05, 0.1) is 13.2 Å². The van der Waals surface area contributed by atoms with Crippen molar-refractivity contribution >= 4 is 5.91 Å². The van der Waals surface area contributed by atoms with E-state index < -0.39 is 23.7 Å². The number of nitrogens with one attached hydrogen (secondary N) is 1. The van der Waals surface area contributed by atoms with Crippen LogP contribution in [-0.4, -0.2) is 35.9 Å². The van der Waals surface area contributed by atoms with Gasteiger partial charge in [-0.15, -0.1) is 0 Å². The van der Waals surface area contributed by atoms with Crippen molar-refractivity contribution in [2.24, 2.45) is 11.7 Å². The van der Waals surface area contributed by atoms with Gasteiger partial charge in [0.2, 0.25) is 5.91 Å². The number of hydrogen-bond acceptors (Lipinski definition) is 4. The lowest BCUT2D eigenvalue weighted by Gasteiger charge is -2.25. The van der Waals surface area contributed by atoms with Gasteiger partial charge >= 0.3 is 0 Å². The number of aliphatic hydroxyl groups is 1. The van der Waals surface area contributed by atoms with Crippen LogP contribution in [0.25, 0.3) is 0 Å². The number of rotatable bonds is 10. The van der Waals surface area contributed by atoms with Crippen molar-refractivity contribution < 1.29 is 19.1 Å². The Morgan fingerprint density at radius 1 is 1.38 bits per heavy atom. The van der Waals surface area contributed by atoms with Crippen molar-refractivity contribution in [3.8, 4) is 0 Å². The molecule has 5 nitrogen and oxygen atoms in total. The average Bonchev–Trinajstić information content (AvgIpc) is 2.51. The van der Waals surface area contributed by atoms with Crippen LogP contribution in [0.3, 0.4) is 0 Å². The van der Waals surface area contributed by atoms with Gasteiger partial charge in [0.1, 0.15) is 5.67 Å². The number of carbonyl (C=O) groups is 1. The molecule has 1 rings (SSSR count). The molecule has 24 heavy (non-hydrogen) atoms. The van der Waals surface area contributed by atoms with E-state index in [1.807, 2.05) is 30.3 Å². The molecule has 1 aromatic rings. The largest absolute Gasteiger partial charge is 0.391 e. The predicted octanol–water partition coefficient (Wildman–Crippen LogP) is 2.13. The second-order valence-corrected chi connectivity index (χ2v) is 6.78. The van der Waals surface area contributed by atoms with Crippen molar-refractivity contribution in [3.05, 3.63) is 35.9 Å². The Hall–Kier alpha value is -1.50. The monoisotopic (exact) mass is 340 g/mol. The van der Waals surface area contributed by atoms with Crippen LogP contribution in [0.5, 0.6) is 0 Å². The standard InChI is InChI=1S/C18H29FN2O3/c1-18(2,19)10-9-14(17(23)21-24-3)12-16(22)15(20)11-13-7-5-4-6-8-13/h4-8,14-16,22H,9-12,20H2,1-3H3,(H,21,23)/t14-,15+,16+/m1/s1. The number of nitrogens with two attached hydrogens (primary N) is 1. The zero-order valence-electron chi connectivity index (χ0n) is 14.7. The fourth-order valence-corrected chi connectivity index (χ4v) is 2.55. The highest BCUT2D eigenvalue weighted by Gasteiger charge is 2.28. The van der Waals surface area contributed by atoms with Crippen LogP contribution >= 0.6 is 0 Å². The number of benzene rings is 1. The van der Waals surface area contributed by atoms with Crippen LogP contribution in [0.2, 0.25) is 0 Å². The van der Waals surface area contributed by atoms with Crippen molar-refractivity contribution in [2.75, 3.05) is 7.11 Å². The molecule has 0 radical (unpaired) electrons. The molecule has 0 aliphatic rings. The fourth-order valence-electron chi connectivity index (χ4n) is 2.55. The average molecular weight is 340 g/mol. The highest BCUT2D eigenvalue weighted by molar-refractivity contribution is 5.77. The normalized spacial score (nSPS) is 15.6. The Labute approximate surface area is 143 Å². The second kappa shape index (κ2) is 9.71. The Morgan fingerprint density at radius 3 is 2.54 bits per heavy atom. The van der Waals surface area contributed by atoms with Gasteiger partial charge < -0.3 is 10.8 Å². The molecule has 136 valence electrons. The topological polar surface area (TPSA) is 84.6 Å². The Bertz CT molecular complexity index is 491. The minimum atomic E-state index is -1.37. The number of hydrogen-bond donors (Lipinski definition) is 3. The first-order chi connectivity index (χ1) is 11.2. The molecule has 3 atom stereocenters. The molecule has 0 fully saturated rings. The molecule has 0 heterocycles. The van der Waals surface area contributed by atoms with E-state index in [1.165, 1.54) is 21.0 Å². The Balaban J connectivity index is 2.64. The second-order valence-electron chi connectivity index (χ2n) is 6.78. The van der Waals surface area contributed by atoms with Gasteiger partial charge in [0.15, 0.2) is 0 Å². The highest BCUT2D eigenvalue weighted by Crippen LogP contribution is 2.24. The lowest BCUT2D eigenvalue weighted by Crippen LogP contribution is -2.41. The van der Waals surface area contributed by atoms with Crippen molar-refractivity contribution in [2.45, 2.75) is 57.3 Å². The van der Waals surface area contributed by atoms with Crippen LogP contribution < -0.4 is 11.2 Å². The van der Waals surface area contributed by atoms with E-state index in [-0.39, 0.29) is 18.7 Å². The van der Waals surface area contributed by atoms with Crippen molar-refractivity contribution in [1.82, 2.24) is 5.48 Å². The summed E-state index contributed by atoms with van der Waals surface area (Å²) in [6, 6.07) is 9.11. The number of halogens is 1. The fraction of sp³-hybridized carbons (Fsp3) is 0.611. The van der Waals surface area contributed by atoms with E-state index in [9.17, 15) is 14.3 Å². The quantitative estimate of drug-likeness (QED) is 0.570. The molecular formula is C18H29FN2O3. The van der Waals surface area contributed by atoms with Crippen LogP contribution in [0.1, 0.15) is 38.7 Å². The van der Waals surface area contributed by atoms with Crippen molar-refractivity contribution in [3.63, 3.8) is 0 Å². The molecule has 0 saturated carbocycles. The minimum absolute atomic E-state index is 0.166. The molecule has 4 N–H and O–H groups in total. The Morgan fingerprint density at radius 2 is 2.00 bits per heavy atom. The first-order valence-electron chi connectivity index (χ1n) is 8.22. The third-order valence-electron chi connectivity index (χ3n) is 4.00. The molecule has 1 amide bonds. The smallest absolute Gasteiger partial charge is 0.246 e. The summed E-state index contributed by atoms with van der Waals surface area (Å²) in [6.07, 6.45) is 0.345. The molecule has 0 aromatic heterocycles. The molecule has 0 unspecified atom stereocenters. The summed E-state index contributed by atoms with van der Waals surface area (Å²) < 4.78 is 13.7. The minimum Gasteiger partial charge on any atom is -0.391 e. The number of hydroxylamine groups is 1. The maximum atomic E-state index is 13.7. The van der Waals surface area contributed by atoms with E-state index in [4.69, 9.17) is 5.73 Å². The Kier molecular flexibility index (Phi) is 8.31. The summed E-state index contributed by atoms with van der Waals surface area (Å²) in [5.74, 6) is -0.926. The van der Waals surface area contributed by atoms with Crippen LogP contribution in [0.15, 0.2) is 30.3 Å². The highest BCUT2D eigenvalue weighted by atomic mass is 19.1. The van der Waals surface area contributed by atoms with Crippen LogP contribution in [0.4, 0.5) is 4.39 Å². The van der Waals surface area contributed by atoms with E-state index in [1.54, 1.807) is 0 Å². The molecule has 0 spiro atoms. The molecule has 0 aliphatic carbocycles. The summed E-state index contributed by atoms with van der Waals surface area (Å²) in [5.41, 5.74) is 7.98. The molecule has 6 heteroatoms.